The molecule has 1 aliphatic heterocycles. The van der Waals surface area contributed by atoms with Gasteiger partial charge in [-0.2, -0.15) is 0 Å². The summed E-state index contributed by atoms with van der Waals surface area (Å²) in [6, 6.07) is 29.1. The lowest BCUT2D eigenvalue weighted by atomic mass is 9.64. The summed E-state index contributed by atoms with van der Waals surface area (Å²) in [5, 5.41) is 3.45. The molecule has 0 saturated carbocycles. The van der Waals surface area contributed by atoms with Crippen molar-refractivity contribution in [3.8, 4) is 0 Å². The Labute approximate surface area is 237 Å². The molecule has 1 aromatic heterocycles. The van der Waals surface area contributed by atoms with Crippen LogP contribution in [0.4, 0.5) is 0 Å². The van der Waals surface area contributed by atoms with Crippen LogP contribution in [0, 0.1) is 12.8 Å². The molecular weight excluding hydrogens is 494 g/mol. The van der Waals surface area contributed by atoms with Gasteiger partial charge in [0.2, 0.25) is 5.91 Å². The van der Waals surface area contributed by atoms with Gasteiger partial charge in [0.1, 0.15) is 5.41 Å². The number of amides is 1. The first-order chi connectivity index (χ1) is 19.6. The van der Waals surface area contributed by atoms with Crippen LogP contribution in [0.3, 0.4) is 0 Å². The average Bonchev–Trinajstić information content (AvgIpc) is 3.46. The molecule has 1 aliphatic rings. The van der Waals surface area contributed by atoms with Crippen molar-refractivity contribution < 1.29 is 4.79 Å². The highest BCUT2D eigenvalue weighted by Gasteiger charge is 2.49. The monoisotopic (exact) mass is 533 g/mol. The lowest BCUT2D eigenvalue weighted by molar-refractivity contribution is -0.123. The third-order valence-corrected chi connectivity index (χ3v) is 8.20. The second kappa shape index (κ2) is 13.0. The van der Waals surface area contributed by atoms with Crippen LogP contribution in [-0.2, 0) is 29.6 Å². The Kier molecular flexibility index (Phi) is 8.99. The molecule has 40 heavy (non-hydrogen) atoms. The van der Waals surface area contributed by atoms with Gasteiger partial charge in [-0.3, -0.25) is 14.8 Å². The van der Waals surface area contributed by atoms with Crippen molar-refractivity contribution in [2.45, 2.75) is 38.1 Å². The summed E-state index contributed by atoms with van der Waals surface area (Å²) in [5.74, 6) is -0.149. The molecule has 1 unspecified atom stereocenters. The molecule has 0 radical (unpaired) electrons. The van der Waals surface area contributed by atoms with Crippen LogP contribution in [-0.4, -0.2) is 47.0 Å². The van der Waals surface area contributed by atoms with E-state index in [9.17, 15) is 4.79 Å². The van der Waals surface area contributed by atoms with Crippen LogP contribution in [0.15, 0.2) is 97.3 Å². The molecule has 1 fully saturated rings. The van der Waals surface area contributed by atoms with E-state index in [1.807, 2.05) is 73.8 Å². The fourth-order valence-electron chi connectivity index (χ4n) is 6.03. The maximum Gasteiger partial charge on any atom is 0.232 e. The van der Waals surface area contributed by atoms with Crippen molar-refractivity contribution in [2.75, 3.05) is 26.2 Å². The van der Waals surface area contributed by atoms with Gasteiger partial charge >= 0.3 is 0 Å². The summed E-state index contributed by atoms with van der Waals surface area (Å²) in [6.07, 6.45) is 6.53. The molecule has 206 valence electrons. The second-order valence-corrected chi connectivity index (χ2v) is 10.8. The van der Waals surface area contributed by atoms with Gasteiger partial charge in [-0.25, -0.2) is 0 Å². The lowest BCUT2D eigenvalue weighted by Crippen LogP contribution is -2.49. The van der Waals surface area contributed by atoms with E-state index in [4.69, 9.17) is 5.73 Å². The summed E-state index contributed by atoms with van der Waals surface area (Å²) in [6.45, 7) is 6.36. The fraction of sp³-hybridized carbons (Fsp3) is 0.324. The molecule has 3 N–H and O–H groups in total. The number of rotatable bonds is 12. The number of likely N-dealkylation sites (tertiary alicyclic amines) is 1. The molecule has 0 spiro atoms. The first-order valence-electron chi connectivity index (χ1n) is 14.2. The minimum absolute atomic E-state index is 0.121. The molecular formula is C34H39N5O. The molecule has 1 atom stereocenters. The van der Waals surface area contributed by atoms with Gasteiger partial charge in [0.25, 0.3) is 0 Å². The van der Waals surface area contributed by atoms with E-state index in [0.29, 0.717) is 0 Å². The number of hydrogen-bond donors (Lipinski definition) is 2. The van der Waals surface area contributed by atoms with E-state index in [0.717, 1.165) is 74.5 Å². The maximum absolute atomic E-state index is 13.3. The molecule has 6 heteroatoms. The minimum Gasteiger partial charge on any atom is -0.369 e. The van der Waals surface area contributed by atoms with Crippen LogP contribution >= 0.6 is 0 Å². The summed E-state index contributed by atoms with van der Waals surface area (Å²) in [4.78, 5) is 24.5. The zero-order chi connectivity index (χ0) is 27.8. The van der Waals surface area contributed by atoms with Gasteiger partial charge in [-0.1, -0.05) is 84.9 Å². The second-order valence-electron chi connectivity index (χ2n) is 10.8. The lowest BCUT2D eigenvalue weighted by Gasteiger charge is -2.37. The normalized spacial score (nSPS) is 15.8. The molecule has 5 rings (SSSR count). The molecule has 6 nitrogen and oxygen atoms in total. The van der Waals surface area contributed by atoms with Crippen LogP contribution in [0.25, 0.3) is 0 Å². The zero-order valence-electron chi connectivity index (χ0n) is 23.3. The topological polar surface area (TPSA) is 84.1 Å². The van der Waals surface area contributed by atoms with Gasteiger partial charge in [-0.15, -0.1) is 0 Å². The predicted octanol–water partition coefficient (Wildman–Crippen LogP) is 4.45. The average molecular weight is 534 g/mol. The summed E-state index contributed by atoms with van der Waals surface area (Å²) in [5.41, 5.74) is 11.9. The van der Waals surface area contributed by atoms with Crippen LogP contribution in [0.2, 0.25) is 0 Å². The van der Waals surface area contributed by atoms with Gasteiger partial charge in [0.05, 0.1) is 11.4 Å². The number of benzene rings is 3. The summed E-state index contributed by atoms with van der Waals surface area (Å²) < 4.78 is 0. The number of primary amides is 1. The largest absolute Gasteiger partial charge is 0.369 e. The number of nitrogens with one attached hydrogen (secondary N) is 1. The van der Waals surface area contributed by atoms with Gasteiger partial charge < -0.3 is 16.0 Å². The van der Waals surface area contributed by atoms with Crippen molar-refractivity contribution >= 4 is 5.91 Å². The molecule has 2 heterocycles. The van der Waals surface area contributed by atoms with Gasteiger partial charge in [-0.05, 0) is 67.4 Å². The number of hydrogen-bond acceptors (Lipinski definition) is 5. The quantitative estimate of drug-likeness (QED) is 0.263. The fourth-order valence-corrected chi connectivity index (χ4v) is 6.03. The highest BCUT2D eigenvalue weighted by Crippen LogP contribution is 2.43. The Morgan fingerprint density at radius 1 is 0.900 bits per heavy atom. The predicted molar refractivity (Wildman–Crippen MR) is 160 cm³/mol. The van der Waals surface area contributed by atoms with Crippen molar-refractivity contribution in [1.29, 1.82) is 0 Å². The van der Waals surface area contributed by atoms with Crippen molar-refractivity contribution in [3.63, 3.8) is 0 Å². The molecule has 3 aromatic carbocycles. The smallest absolute Gasteiger partial charge is 0.232 e. The third kappa shape index (κ3) is 6.30. The van der Waals surface area contributed by atoms with E-state index in [1.54, 1.807) is 6.20 Å². The molecule has 0 aliphatic carbocycles. The van der Waals surface area contributed by atoms with Crippen molar-refractivity contribution in [1.82, 2.24) is 20.2 Å². The maximum atomic E-state index is 13.3. The van der Waals surface area contributed by atoms with Gasteiger partial charge in [0.15, 0.2) is 0 Å². The Morgan fingerprint density at radius 3 is 2.10 bits per heavy atom. The van der Waals surface area contributed by atoms with Crippen molar-refractivity contribution in [3.05, 3.63) is 131 Å². The Balaban J connectivity index is 1.16. The van der Waals surface area contributed by atoms with E-state index in [2.05, 4.69) is 44.5 Å². The summed E-state index contributed by atoms with van der Waals surface area (Å²) in [7, 11) is 0. The number of aryl methyl sites for hydroxylation is 1. The highest BCUT2D eigenvalue weighted by molar-refractivity contribution is 5.91. The number of nitrogens with two attached hydrogens (primary N) is 1. The Bertz CT molecular complexity index is 1320. The number of carbonyl (C=O) groups excluding carboxylic acids is 1. The minimum atomic E-state index is -0.834. The van der Waals surface area contributed by atoms with Gasteiger partial charge in [0, 0.05) is 32.0 Å². The molecule has 1 saturated heterocycles. The number of nitrogens with zero attached hydrogens (tertiary/aromatic N) is 3. The Hall–Kier alpha value is -3.87. The number of carbonyl (C=O) groups is 1. The number of aromatic nitrogens is 2. The highest BCUT2D eigenvalue weighted by atomic mass is 16.1. The van der Waals surface area contributed by atoms with E-state index in [1.165, 1.54) is 11.1 Å². The summed E-state index contributed by atoms with van der Waals surface area (Å²) >= 11 is 0. The molecule has 1 amide bonds. The Morgan fingerprint density at radius 2 is 1.52 bits per heavy atom. The van der Waals surface area contributed by atoms with Crippen molar-refractivity contribution in [2.24, 2.45) is 11.7 Å². The van der Waals surface area contributed by atoms with Crippen LogP contribution in [0.1, 0.15) is 40.1 Å². The van der Waals surface area contributed by atoms with E-state index in [-0.39, 0.29) is 11.8 Å². The zero-order valence-corrected chi connectivity index (χ0v) is 23.3. The SMILES string of the molecule is Cc1cnc(CNCCc2ccc(CCN3CCC(C(C(N)=O)(c4ccccc4)c4ccccc4)C3)cc2)cn1. The molecule has 0 bridgehead atoms. The van der Waals surface area contributed by atoms with E-state index >= 15 is 0 Å². The standard InChI is InChI=1S/C34H39N5O/c1-26-22-38-32(24-37-26)23-36-19-16-27-12-14-28(15-13-27)17-20-39-21-18-31(25-39)34(33(35)40,29-8-4-2-5-9-29)30-10-6-3-7-11-30/h2-15,22,24,31,36H,16-21,23,25H2,1H3,(H2,35,40). The first kappa shape index (κ1) is 27.7. The van der Waals surface area contributed by atoms with Crippen LogP contribution in [0.5, 0.6) is 0 Å². The molecule has 4 aromatic rings. The first-order valence-corrected chi connectivity index (χ1v) is 14.2. The van der Waals surface area contributed by atoms with Crippen LogP contribution < -0.4 is 11.1 Å². The third-order valence-electron chi connectivity index (χ3n) is 8.20. The van der Waals surface area contributed by atoms with E-state index < -0.39 is 5.41 Å².